The highest BCUT2D eigenvalue weighted by atomic mass is 15.3. The first-order valence-electron chi connectivity index (χ1n) is 5.75. The summed E-state index contributed by atoms with van der Waals surface area (Å²) >= 11 is 0. The SMILES string of the molecule is C[N+](C)(C)c1cccc2c1CCCC2=NN. The van der Waals surface area contributed by atoms with Crippen LogP contribution < -0.4 is 10.3 Å². The number of hydrazone groups is 1. The monoisotopic (exact) mass is 218 g/mol. The second kappa shape index (κ2) is 3.91. The third-order valence-corrected chi connectivity index (χ3v) is 3.18. The second-order valence-corrected chi connectivity index (χ2v) is 5.25. The highest BCUT2D eigenvalue weighted by Crippen LogP contribution is 2.31. The number of nitrogens with zero attached hydrogens (tertiary/aromatic N) is 2. The molecule has 1 aromatic carbocycles. The van der Waals surface area contributed by atoms with Crippen LogP contribution in [-0.2, 0) is 6.42 Å². The van der Waals surface area contributed by atoms with Crippen LogP contribution in [0.4, 0.5) is 5.69 Å². The van der Waals surface area contributed by atoms with Crippen LogP contribution in [0.25, 0.3) is 0 Å². The zero-order valence-corrected chi connectivity index (χ0v) is 10.3. The Bertz CT molecular complexity index is 427. The lowest BCUT2D eigenvalue weighted by atomic mass is 9.88. The maximum atomic E-state index is 5.46. The summed E-state index contributed by atoms with van der Waals surface area (Å²) in [5.41, 5.74) is 5.10. The van der Waals surface area contributed by atoms with Crippen molar-refractivity contribution in [1.82, 2.24) is 4.48 Å². The van der Waals surface area contributed by atoms with Crippen molar-refractivity contribution >= 4 is 11.4 Å². The minimum Gasteiger partial charge on any atom is -0.323 e. The fourth-order valence-electron chi connectivity index (χ4n) is 2.44. The number of hydrogen-bond acceptors (Lipinski definition) is 2. The van der Waals surface area contributed by atoms with E-state index in [1.165, 1.54) is 16.8 Å². The predicted molar refractivity (Wildman–Crippen MR) is 69.7 cm³/mol. The fraction of sp³-hybridized carbons (Fsp3) is 0.462. The third kappa shape index (κ3) is 1.83. The Hall–Kier alpha value is -1.35. The number of nitrogens with two attached hydrogens (primary N) is 1. The van der Waals surface area contributed by atoms with Crippen molar-refractivity contribution in [2.45, 2.75) is 19.3 Å². The first-order chi connectivity index (χ1) is 7.54. The van der Waals surface area contributed by atoms with Gasteiger partial charge >= 0.3 is 0 Å². The molecule has 86 valence electrons. The molecule has 0 bridgehead atoms. The number of fused-ring (bicyclic) bond motifs is 1. The molecule has 0 unspecified atom stereocenters. The van der Waals surface area contributed by atoms with Gasteiger partial charge < -0.3 is 5.84 Å². The summed E-state index contributed by atoms with van der Waals surface area (Å²) < 4.78 is 0.848. The minimum atomic E-state index is 0.848. The van der Waals surface area contributed by atoms with E-state index < -0.39 is 0 Å². The van der Waals surface area contributed by atoms with Crippen molar-refractivity contribution in [2.75, 3.05) is 21.1 Å². The molecule has 0 spiro atoms. The van der Waals surface area contributed by atoms with Crippen molar-refractivity contribution in [3.63, 3.8) is 0 Å². The molecule has 0 saturated heterocycles. The maximum Gasteiger partial charge on any atom is 0.136 e. The van der Waals surface area contributed by atoms with Gasteiger partial charge in [-0.25, -0.2) is 0 Å². The Balaban J connectivity index is 2.60. The number of hydrogen-bond donors (Lipinski definition) is 1. The van der Waals surface area contributed by atoms with E-state index >= 15 is 0 Å². The van der Waals surface area contributed by atoms with Crippen molar-refractivity contribution in [3.05, 3.63) is 29.3 Å². The van der Waals surface area contributed by atoms with Crippen LogP contribution in [0.1, 0.15) is 24.0 Å². The van der Waals surface area contributed by atoms with Crippen LogP contribution in [0.3, 0.4) is 0 Å². The highest BCUT2D eigenvalue weighted by Gasteiger charge is 2.24. The Morgan fingerprint density at radius 2 is 1.94 bits per heavy atom. The fourth-order valence-corrected chi connectivity index (χ4v) is 2.44. The molecule has 0 heterocycles. The molecule has 1 aromatic rings. The number of quaternary nitrogens is 1. The van der Waals surface area contributed by atoms with E-state index in [1.807, 2.05) is 0 Å². The van der Waals surface area contributed by atoms with E-state index in [4.69, 9.17) is 5.84 Å². The zero-order chi connectivity index (χ0) is 11.8. The van der Waals surface area contributed by atoms with Gasteiger partial charge in [0, 0.05) is 11.1 Å². The molecule has 2 N–H and O–H groups in total. The largest absolute Gasteiger partial charge is 0.323 e. The van der Waals surface area contributed by atoms with Gasteiger partial charge in [-0.2, -0.15) is 5.10 Å². The number of benzene rings is 1. The van der Waals surface area contributed by atoms with Gasteiger partial charge in [0.2, 0.25) is 0 Å². The summed E-state index contributed by atoms with van der Waals surface area (Å²) in [6, 6.07) is 6.45. The second-order valence-electron chi connectivity index (χ2n) is 5.25. The van der Waals surface area contributed by atoms with E-state index in [1.54, 1.807) is 0 Å². The summed E-state index contributed by atoms with van der Waals surface area (Å²) in [4.78, 5) is 0. The molecule has 0 fully saturated rings. The van der Waals surface area contributed by atoms with Crippen LogP contribution in [0.15, 0.2) is 23.3 Å². The summed E-state index contributed by atoms with van der Waals surface area (Å²) in [5.74, 6) is 5.46. The third-order valence-electron chi connectivity index (χ3n) is 3.18. The van der Waals surface area contributed by atoms with Crippen LogP contribution in [-0.4, -0.2) is 26.9 Å². The van der Waals surface area contributed by atoms with Crippen molar-refractivity contribution < 1.29 is 0 Å². The van der Waals surface area contributed by atoms with E-state index in [2.05, 4.69) is 44.4 Å². The van der Waals surface area contributed by atoms with Gasteiger partial charge in [-0.1, -0.05) is 12.1 Å². The first-order valence-corrected chi connectivity index (χ1v) is 5.75. The Labute approximate surface area is 97.2 Å². The van der Waals surface area contributed by atoms with Gasteiger partial charge in [-0.05, 0) is 25.3 Å². The molecule has 0 amide bonds. The molecule has 1 aliphatic carbocycles. The van der Waals surface area contributed by atoms with E-state index in [-0.39, 0.29) is 0 Å². The maximum absolute atomic E-state index is 5.46. The van der Waals surface area contributed by atoms with Gasteiger partial charge in [0.1, 0.15) is 5.69 Å². The van der Waals surface area contributed by atoms with Crippen molar-refractivity contribution in [2.24, 2.45) is 10.9 Å². The van der Waals surface area contributed by atoms with Gasteiger partial charge in [0.25, 0.3) is 0 Å². The Morgan fingerprint density at radius 3 is 2.56 bits per heavy atom. The summed E-state index contributed by atoms with van der Waals surface area (Å²) in [7, 11) is 6.59. The summed E-state index contributed by atoms with van der Waals surface area (Å²) in [6.07, 6.45) is 3.30. The van der Waals surface area contributed by atoms with E-state index in [0.29, 0.717) is 0 Å². The first kappa shape index (κ1) is 11.1. The van der Waals surface area contributed by atoms with Crippen molar-refractivity contribution in [1.29, 1.82) is 0 Å². The molecular formula is C13H20N3+. The van der Waals surface area contributed by atoms with Gasteiger partial charge in [-0.3, -0.25) is 4.48 Å². The summed E-state index contributed by atoms with van der Waals surface area (Å²) in [5, 5.41) is 3.92. The highest BCUT2D eigenvalue weighted by molar-refractivity contribution is 6.03. The molecule has 0 radical (unpaired) electrons. The quantitative estimate of drug-likeness (QED) is 0.436. The lowest BCUT2D eigenvalue weighted by Gasteiger charge is -2.29. The van der Waals surface area contributed by atoms with Gasteiger partial charge in [0.05, 0.1) is 26.9 Å². The molecule has 0 aromatic heterocycles. The molecule has 3 heteroatoms. The molecule has 16 heavy (non-hydrogen) atoms. The standard InChI is InChI=1S/C13H20N3/c1-16(2,3)13-9-5-6-10-11(13)7-4-8-12(10)15-14/h5-6,9H,4,7-8,14H2,1-3H3/q+1. The number of rotatable bonds is 1. The average Bonchev–Trinajstić information content (AvgIpc) is 2.26. The molecule has 2 rings (SSSR count). The van der Waals surface area contributed by atoms with Gasteiger partial charge in [-0.15, -0.1) is 0 Å². The molecule has 1 aliphatic rings. The van der Waals surface area contributed by atoms with Crippen LogP contribution >= 0.6 is 0 Å². The van der Waals surface area contributed by atoms with Crippen LogP contribution in [0, 0.1) is 0 Å². The summed E-state index contributed by atoms with van der Waals surface area (Å²) in [6.45, 7) is 0. The topological polar surface area (TPSA) is 38.4 Å². The normalized spacial score (nSPS) is 18.6. The van der Waals surface area contributed by atoms with Gasteiger partial charge in [0.15, 0.2) is 0 Å². The average molecular weight is 218 g/mol. The van der Waals surface area contributed by atoms with Crippen molar-refractivity contribution in [3.8, 4) is 0 Å². The molecule has 0 atom stereocenters. The molecule has 0 saturated carbocycles. The van der Waals surface area contributed by atoms with Crippen LogP contribution in [0.5, 0.6) is 0 Å². The van der Waals surface area contributed by atoms with E-state index in [0.717, 1.165) is 29.5 Å². The minimum absolute atomic E-state index is 0.848. The molecule has 3 nitrogen and oxygen atoms in total. The smallest absolute Gasteiger partial charge is 0.136 e. The predicted octanol–water partition coefficient (Wildman–Crippen LogP) is 1.88. The lowest BCUT2D eigenvalue weighted by Crippen LogP contribution is -2.36. The lowest BCUT2D eigenvalue weighted by molar-refractivity contribution is 0.481. The van der Waals surface area contributed by atoms with E-state index in [9.17, 15) is 0 Å². The Kier molecular flexibility index (Phi) is 2.72. The van der Waals surface area contributed by atoms with Crippen LogP contribution in [0.2, 0.25) is 0 Å². The zero-order valence-electron chi connectivity index (χ0n) is 10.3. The Morgan fingerprint density at radius 1 is 1.19 bits per heavy atom. The molecular weight excluding hydrogens is 198 g/mol. The molecule has 0 aliphatic heterocycles.